The molecule has 2 aliphatic carbocycles. The number of allylic oxidation sites excluding steroid dienone is 2. The summed E-state index contributed by atoms with van der Waals surface area (Å²) < 4.78 is 0. The quantitative estimate of drug-likeness (QED) is 0.436. The minimum absolute atomic E-state index is 0.00361. The molecule has 0 heterocycles. The minimum Gasteiger partial charge on any atom is -0.511 e. The predicted molar refractivity (Wildman–Crippen MR) is 117 cm³/mol. The van der Waals surface area contributed by atoms with Gasteiger partial charge in [-0.2, -0.15) is 0 Å². The molecule has 1 aromatic carbocycles. The van der Waals surface area contributed by atoms with E-state index in [2.05, 4.69) is 0 Å². The normalized spacial score (nSPS) is 22.6. The van der Waals surface area contributed by atoms with Crippen molar-refractivity contribution in [1.82, 2.24) is 0 Å². The number of phenolic OH excluding ortho intramolecular Hbond substituents is 1. The van der Waals surface area contributed by atoms with Gasteiger partial charge in [-0.3, -0.25) is 19.2 Å². The maximum absolute atomic E-state index is 13.6. The Kier molecular flexibility index (Phi) is 6.69. The van der Waals surface area contributed by atoms with Crippen LogP contribution >= 0.6 is 0 Å². The molecule has 0 saturated carbocycles. The lowest BCUT2D eigenvalue weighted by Gasteiger charge is -2.39. The van der Waals surface area contributed by atoms with Crippen LogP contribution in [0.25, 0.3) is 0 Å². The number of carbonyl (C=O) groups is 4. The van der Waals surface area contributed by atoms with Gasteiger partial charge in [0, 0.05) is 12.2 Å². The topological polar surface area (TPSA) is 129 Å². The number of aliphatic hydroxyl groups is 2. The van der Waals surface area contributed by atoms with E-state index >= 15 is 0 Å². The Morgan fingerprint density at radius 2 is 1.81 bits per heavy atom. The Morgan fingerprint density at radius 1 is 1.16 bits per heavy atom. The Balaban J connectivity index is 2.22. The van der Waals surface area contributed by atoms with Gasteiger partial charge < -0.3 is 15.3 Å². The number of Topliss-reactive ketones (excluding diaryl/α,β-unsaturated/α-hetero) is 4. The second-order valence-corrected chi connectivity index (χ2v) is 9.29. The molecule has 3 atom stereocenters. The number of phenols is 1. The molecule has 32 heavy (non-hydrogen) atoms. The Hall–Kier alpha value is -2.80. The van der Waals surface area contributed by atoms with Crippen LogP contribution in [0, 0.1) is 17.8 Å². The van der Waals surface area contributed by atoms with E-state index in [1.54, 1.807) is 6.07 Å². The molecule has 7 heteroatoms. The van der Waals surface area contributed by atoms with Gasteiger partial charge in [-0.25, -0.2) is 0 Å². The lowest BCUT2D eigenvalue weighted by Crippen LogP contribution is -2.39. The van der Waals surface area contributed by atoms with E-state index in [-0.39, 0.29) is 65.3 Å². The summed E-state index contributed by atoms with van der Waals surface area (Å²) in [5, 5.41) is 31.4. The van der Waals surface area contributed by atoms with Crippen molar-refractivity contribution in [2.45, 2.75) is 59.3 Å². The molecule has 2 aliphatic rings. The SMILES string of the molecule is CC(=O)CC(=O)C1C(O)=C2C(=O)c3c(O)c(C(C)=O)cc(C(C)C)c3CC2CC1CCO. The van der Waals surface area contributed by atoms with E-state index in [0.29, 0.717) is 18.4 Å². The summed E-state index contributed by atoms with van der Waals surface area (Å²) in [5.41, 5.74) is 1.59. The fourth-order valence-electron chi connectivity index (χ4n) is 5.29. The number of rotatable bonds is 7. The minimum atomic E-state index is -1.05. The molecular formula is C25H30O7. The highest BCUT2D eigenvalue weighted by molar-refractivity contribution is 6.16. The highest BCUT2D eigenvalue weighted by Gasteiger charge is 2.46. The molecule has 3 N–H and O–H groups in total. The van der Waals surface area contributed by atoms with Crippen LogP contribution in [0.2, 0.25) is 0 Å². The van der Waals surface area contributed by atoms with Crippen molar-refractivity contribution in [3.63, 3.8) is 0 Å². The van der Waals surface area contributed by atoms with Gasteiger partial charge in [-0.05, 0) is 68.1 Å². The first-order chi connectivity index (χ1) is 15.0. The van der Waals surface area contributed by atoms with Gasteiger partial charge in [0.1, 0.15) is 17.3 Å². The number of hydrogen-bond donors (Lipinski definition) is 3. The maximum atomic E-state index is 13.6. The van der Waals surface area contributed by atoms with Gasteiger partial charge in [0.25, 0.3) is 0 Å². The zero-order chi connectivity index (χ0) is 23.9. The molecule has 0 saturated heterocycles. The van der Waals surface area contributed by atoms with E-state index in [1.165, 1.54) is 13.8 Å². The fourth-order valence-corrected chi connectivity index (χ4v) is 5.29. The molecule has 172 valence electrons. The summed E-state index contributed by atoms with van der Waals surface area (Å²) in [6.45, 7) is 6.29. The number of benzene rings is 1. The van der Waals surface area contributed by atoms with Crippen molar-refractivity contribution in [3.05, 3.63) is 39.7 Å². The third kappa shape index (κ3) is 4.01. The molecule has 0 amide bonds. The van der Waals surface area contributed by atoms with Gasteiger partial charge in [0.05, 0.1) is 23.5 Å². The fraction of sp³-hybridized carbons (Fsp3) is 0.520. The lowest BCUT2D eigenvalue weighted by molar-refractivity contribution is -0.129. The summed E-state index contributed by atoms with van der Waals surface area (Å²) in [5.74, 6) is -4.39. The number of carbonyl (C=O) groups excluding carboxylic acids is 4. The summed E-state index contributed by atoms with van der Waals surface area (Å²) in [6.07, 6.45) is 0.660. The highest BCUT2D eigenvalue weighted by atomic mass is 16.3. The first-order valence-electron chi connectivity index (χ1n) is 11.0. The van der Waals surface area contributed by atoms with Crippen LogP contribution in [-0.2, 0) is 16.0 Å². The number of ketones is 4. The second-order valence-electron chi connectivity index (χ2n) is 9.29. The standard InChI is InChI=1S/C25H30O7/c1-11(2)16-10-17(13(4)28)23(30)22-18(16)9-15-8-14(5-6-26)20(19(29)7-12(3)27)24(31)21(15)25(22)32/h10-11,14-15,20,26,30-31H,5-9H2,1-4H3. The molecule has 0 radical (unpaired) electrons. The number of aliphatic hydroxyl groups excluding tert-OH is 2. The van der Waals surface area contributed by atoms with Gasteiger partial charge in [0.2, 0.25) is 0 Å². The van der Waals surface area contributed by atoms with E-state index < -0.39 is 29.2 Å². The van der Waals surface area contributed by atoms with Crippen LogP contribution in [0.3, 0.4) is 0 Å². The molecular weight excluding hydrogens is 412 g/mol. The van der Waals surface area contributed by atoms with Crippen molar-refractivity contribution in [1.29, 1.82) is 0 Å². The average molecular weight is 443 g/mol. The molecule has 3 rings (SSSR count). The molecule has 1 aromatic rings. The van der Waals surface area contributed by atoms with E-state index in [9.17, 15) is 34.5 Å². The van der Waals surface area contributed by atoms with Crippen molar-refractivity contribution >= 4 is 23.1 Å². The average Bonchev–Trinajstić information content (AvgIpc) is 2.66. The van der Waals surface area contributed by atoms with Crippen molar-refractivity contribution < 1.29 is 34.5 Å². The van der Waals surface area contributed by atoms with E-state index in [0.717, 1.165) is 5.56 Å². The Labute approximate surface area is 187 Å². The van der Waals surface area contributed by atoms with Crippen LogP contribution in [0.5, 0.6) is 5.75 Å². The Morgan fingerprint density at radius 3 is 2.34 bits per heavy atom. The Bertz CT molecular complexity index is 1030. The second kappa shape index (κ2) is 8.98. The molecule has 0 aromatic heterocycles. The molecule has 7 nitrogen and oxygen atoms in total. The molecule has 0 aliphatic heterocycles. The van der Waals surface area contributed by atoms with Crippen LogP contribution < -0.4 is 0 Å². The van der Waals surface area contributed by atoms with Gasteiger partial charge >= 0.3 is 0 Å². The zero-order valence-electron chi connectivity index (χ0n) is 18.9. The summed E-state index contributed by atoms with van der Waals surface area (Å²) >= 11 is 0. The van der Waals surface area contributed by atoms with Crippen molar-refractivity contribution in [2.75, 3.05) is 6.61 Å². The van der Waals surface area contributed by atoms with Gasteiger partial charge in [0.15, 0.2) is 17.3 Å². The highest BCUT2D eigenvalue weighted by Crippen LogP contribution is 2.48. The molecule has 0 bridgehead atoms. The first kappa shape index (κ1) is 23.9. The monoisotopic (exact) mass is 442 g/mol. The van der Waals surface area contributed by atoms with Crippen LogP contribution in [0.15, 0.2) is 17.4 Å². The number of fused-ring (bicyclic) bond motifs is 2. The van der Waals surface area contributed by atoms with Crippen LogP contribution in [-0.4, -0.2) is 45.1 Å². The first-order valence-corrected chi connectivity index (χ1v) is 11.0. The van der Waals surface area contributed by atoms with Crippen molar-refractivity contribution in [2.24, 2.45) is 17.8 Å². The number of aromatic hydroxyl groups is 1. The molecule has 3 unspecified atom stereocenters. The van der Waals surface area contributed by atoms with Gasteiger partial charge in [-0.1, -0.05) is 13.8 Å². The smallest absolute Gasteiger partial charge is 0.196 e. The summed E-state index contributed by atoms with van der Waals surface area (Å²) in [6, 6.07) is 1.64. The maximum Gasteiger partial charge on any atom is 0.196 e. The summed E-state index contributed by atoms with van der Waals surface area (Å²) in [4.78, 5) is 50.0. The third-order valence-corrected chi connectivity index (χ3v) is 6.67. The molecule has 0 fully saturated rings. The van der Waals surface area contributed by atoms with Crippen molar-refractivity contribution in [3.8, 4) is 5.75 Å². The molecule has 0 spiro atoms. The largest absolute Gasteiger partial charge is 0.511 e. The number of hydrogen-bond acceptors (Lipinski definition) is 7. The van der Waals surface area contributed by atoms with Crippen LogP contribution in [0.4, 0.5) is 0 Å². The predicted octanol–water partition coefficient (Wildman–Crippen LogP) is 3.45. The summed E-state index contributed by atoms with van der Waals surface area (Å²) in [7, 11) is 0. The van der Waals surface area contributed by atoms with Crippen LogP contribution in [0.1, 0.15) is 84.7 Å². The zero-order valence-corrected chi connectivity index (χ0v) is 18.9. The lowest BCUT2D eigenvalue weighted by atomic mass is 9.64. The van der Waals surface area contributed by atoms with E-state index in [4.69, 9.17) is 0 Å². The van der Waals surface area contributed by atoms with E-state index in [1.807, 2.05) is 13.8 Å². The third-order valence-electron chi connectivity index (χ3n) is 6.67. The van der Waals surface area contributed by atoms with Gasteiger partial charge in [-0.15, -0.1) is 0 Å².